The lowest BCUT2D eigenvalue weighted by Crippen LogP contribution is -2.39. The molecule has 0 saturated carbocycles. The first-order valence-electron chi connectivity index (χ1n) is 8.63. The van der Waals surface area contributed by atoms with E-state index in [1.165, 1.54) is 0 Å². The largest absolute Gasteiger partial charge is 0.495 e. The lowest BCUT2D eigenvalue weighted by molar-refractivity contribution is -0.116. The molecule has 9 heteroatoms. The number of nitrogens with zero attached hydrogens (tertiary/aromatic N) is 3. The van der Waals surface area contributed by atoms with E-state index in [0.29, 0.717) is 42.2 Å². The molecule has 27 heavy (non-hydrogen) atoms. The van der Waals surface area contributed by atoms with Crippen LogP contribution in [0.1, 0.15) is 17.7 Å². The molecule has 0 bridgehead atoms. The molecule has 0 radical (unpaired) electrons. The Kier molecular flexibility index (Phi) is 4.27. The van der Waals surface area contributed by atoms with Crippen LogP contribution >= 0.6 is 0 Å². The summed E-state index contributed by atoms with van der Waals surface area (Å²) in [5.74, 6) is 1.06. The van der Waals surface area contributed by atoms with Gasteiger partial charge >= 0.3 is 6.09 Å². The van der Waals surface area contributed by atoms with Gasteiger partial charge < -0.3 is 20.5 Å². The standard InChI is InChI=1S/C18H19N5O4/c1-27-13-6-15-17(20-8-13)21-9-16(24)23(15)12-4-10-2-3-11(22-18(25)26)5-14(10)19-7-12/h4,6-8,11,22H,2-3,5,9H2,1H3,(H,20,21)(H,25,26). The van der Waals surface area contributed by atoms with Gasteiger partial charge in [-0.2, -0.15) is 0 Å². The first-order valence-corrected chi connectivity index (χ1v) is 8.63. The summed E-state index contributed by atoms with van der Waals surface area (Å²) in [5, 5.41) is 14.4. The number of methoxy groups -OCH3 is 1. The van der Waals surface area contributed by atoms with E-state index in [2.05, 4.69) is 20.6 Å². The summed E-state index contributed by atoms with van der Waals surface area (Å²) in [5.41, 5.74) is 3.17. The maximum absolute atomic E-state index is 12.6. The van der Waals surface area contributed by atoms with Crippen molar-refractivity contribution in [2.45, 2.75) is 25.3 Å². The number of amides is 2. The summed E-state index contributed by atoms with van der Waals surface area (Å²) in [4.78, 5) is 33.8. The van der Waals surface area contributed by atoms with Gasteiger partial charge in [0.2, 0.25) is 0 Å². The minimum absolute atomic E-state index is 0.111. The number of nitrogens with one attached hydrogen (secondary N) is 2. The normalized spacial score (nSPS) is 18.2. The van der Waals surface area contributed by atoms with Crippen molar-refractivity contribution in [1.82, 2.24) is 15.3 Å². The molecule has 1 atom stereocenters. The van der Waals surface area contributed by atoms with E-state index in [1.807, 2.05) is 6.07 Å². The second-order valence-electron chi connectivity index (χ2n) is 6.51. The van der Waals surface area contributed by atoms with Crippen LogP contribution in [0.5, 0.6) is 5.75 Å². The third kappa shape index (κ3) is 3.23. The molecule has 3 N–H and O–H groups in total. The minimum atomic E-state index is -1.02. The number of ether oxygens (including phenoxy) is 1. The summed E-state index contributed by atoms with van der Waals surface area (Å²) >= 11 is 0. The fourth-order valence-electron chi connectivity index (χ4n) is 3.52. The molecule has 2 amide bonds. The van der Waals surface area contributed by atoms with Crippen LogP contribution < -0.4 is 20.3 Å². The van der Waals surface area contributed by atoms with E-state index in [0.717, 1.165) is 11.3 Å². The Morgan fingerprint density at radius 1 is 1.37 bits per heavy atom. The Labute approximate surface area is 155 Å². The molecule has 1 aliphatic carbocycles. The average Bonchev–Trinajstić information content (AvgIpc) is 2.66. The van der Waals surface area contributed by atoms with Crippen molar-refractivity contribution in [3.63, 3.8) is 0 Å². The van der Waals surface area contributed by atoms with Crippen molar-refractivity contribution in [3.8, 4) is 5.75 Å². The van der Waals surface area contributed by atoms with Gasteiger partial charge in [0.15, 0.2) is 5.82 Å². The van der Waals surface area contributed by atoms with Crippen LogP contribution in [0.15, 0.2) is 24.5 Å². The first-order chi connectivity index (χ1) is 13.0. The number of aryl methyl sites for hydroxylation is 1. The highest BCUT2D eigenvalue weighted by molar-refractivity contribution is 6.07. The third-order valence-corrected chi connectivity index (χ3v) is 4.81. The molecular formula is C18H19N5O4. The summed E-state index contributed by atoms with van der Waals surface area (Å²) in [7, 11) is 1.55. The van der Waals surface area contributed by atoms with Gasteiger partial charge in [-0.05, 0) is 24.5 Å². The second-order valence-corrected chi connectivity index (χ2v) is 6.51. The second kappa shape index (κ2) is 6.75. The van der Waals surface area contributed by atoms with Gasteiger partial charge in [-0.3, -0.25) is 14.7 Å². The van der Waals surface area contributed by atoms with Crippen LogP contribution in [-0.2, 0) is 17.6 Å². The number of carbonyl (C=O) groups excluding carboxylic acids is 1. The van der Waals surface area contributed by atoms with Crippen molar-refractivity contribution < 1.29 is 19.4 Å². The molecule has 2 aromatic rings. The van der Waals surface area contributed by atoms with Crippen LogP contribution in [0.2, 0.25) is 0 Å². The van der Waals surface area contributed by atoms with Crippen LogP contribution in [0.25, 0.3) is 0 Å². The van der Waals surface area contributed by atoms with Gasteiger partial charge in [-0.1, -0.05) is 0 Å². The molecule has 0 spiro atoms. The van der Waals surface area contributed by atoms with Gasteiger partial charge in [0.1, 0.15) is 5.75 Å². The maximum Gasteiger partial charge on any atom is 0.404 e. The van der Waals surface area contributed by atoms with Crippen molar-refractivity contribution in [2.75, 3.05) is 23.9 Å². The zero-order chi connectivity index (χ0) is 19.0. The average molecular weight is 369 g/mol. The number of hydrogen-bond acceptors (Lipinski definition) is 6. The third-order valence-electron chi connectivity index (χ3n) is 4.81. The number of fused-ring (bicyclic) bond motifs is 2. The summed E-state index contributed by atoms with van der Waals surface area (Å²) in [6.07, 6.45) is 4.17. The van der Waals surface area contributed by atoms with Crippen molar-refractivity contribution in [2.24, 2.45) is 0 Å². The summed E-state index contributed by atoms with van der Waals surface area (Å²) < 4.78 is 5.23. The topological polar surface area (TPSA) is 117 Å². The van der Waals surface area contributed by atoms with E-state index in [1.54, 1.807) is 30.5 Å². The fraction of sp³-hybridized carbons (Fsp3) is 0.333. The Morgan fingerprint density at radius 3 is 3.00 bits per heavy atom. The number of carbonyl (C=O) groups is 2. The van der Waals surface area contributed by atoms with E-state index >= 15 is 0 Å². The van der Waals surface area contributed by atoms with E-state index in [9.17, 15) is 9.59 Å². The van der Waals surface area contributed by atoms with E-state index < -0.39 is 6.09 Å². The van der Waals surface area contributed by atoms with Crippen molar-refractivity contribution >= 4 is 29.2 Å². The molecule has 0 saturated heterocycles. The fourth-order valence-corrected chi connectivity index (χ4v) is 3.52. The quantitative estimate of drug-likeness (QED) is 0.754. The molecule has 1 unspecified atom stereocenters. The predicted octanol–water partition coefficient (Wildman–Crippen LogP) is 1.70. The maximum atomic E-state index is 12.6. The zero-order valence-corrected chi connectivity index (χ0v) is 14.7. The Balaban J connectivity index is 1.67. The number of hydrogen-bond donors (Lipinski definition) is 3. The number of anilines is 3. The molecule has 2 aliphatic rings. The highest BCUT2D eigenvalue weighted by Crippen LogP contribution is 2.37. The molecule has 4 rings (SSSR count). The van der Waals surface area contributed by atoms with Gasteiger partial charge in [0.25, 0.3) is 5.91 Å². The number of aromatic nitrogens is 2. The van der Waals surface area contributed by atoms with Crippen molar-refractivity contribution in [3.05, 3.63) is 35.8 Å². The predicted molar refractivity (Wildman–Crippen MR) is 97.6 cm³/mol. The first kappa shape index (κ1) is 17.1. The van der Waals surface area contributed by atoms with E-state index in [4.69, 9.17) is 9.84 Å². The van der Waals surface area contributed by atoms with Crippen LogP contribution in [-0.4, -0.2) is 46.8 Å². The molecule has 140 valence electrons. The SMILES string of the molecule is COc1cnc2c(c1)N(c1cnc3c(c1)CCC(NC(=O)O)C3)C(=O)CN2. The minimum Gasteiger partial charge on any atom is -0.495 e. The van der Waals surface area contributed by atoms with Gasteiger partial charge in [0.05, 0.1) is 37.4 Å². The highest BCUT2D eigenvalue weighted by Gasteiger charge is 2.29. The van der Waals surface area contributed by atoms with Crippen LogP contribution in [0.3, 0.4) is 0 Å². The highest BCUT2D eigenvalue weighted by atomic mass is 16.5. The molecular weight excluding hydrogens is 350 g/mol. The smallest absolute Gasteiger partial charge is 0.404 e. The van der Waals surface area contributed by atoms with E-state index in [-0.39, 0.29) is 18.5 Å². The summed E-state index contributed by atoms with van der Waals surface area (Å²) in [6.45, 7) is 0.147. The molecule has 3 heterocycles. The number of rotatable bonds is 3. The lowest BCUT2D eigenvalue weighted by atomic mass is 9.91. The number of carboxylic acid groups (broad SMARTS) is 1. The van der Waals surface area contributed by atoms with Gasteiger partial charge in [0, 0.05) is 24.2 Å². The lowest BCUT2D eigenvalue weighted by Gasteiger charge is -2.31. The molecule has 9 nitrogen and oxygen atoms in total. The van der Waals surface area contributed by atoms with Crippen LogP contribution in [0.4, 0.5) is 22.0 Å². The molecule has 0 fully saturated rings. The Bertz CT molecular complexity index is 917. The zero-order valence-electron chi connectivity index (χ0n) is 14.7. The number of pyridine rings is 2. The van der Waals surface area contributed by atoms with Gasteiger partial charge in [-0.25, -0.2) is 9.78 Å². The molecule has 2 aromatic heterocycles. The molecule has 1 aliphatic heterocycles. The Morgan fingerprint density at radius 2 is 2.22 bits per heavy atom. The Hall–Kier alpha value is -3.36. The van der Waals surface area contributed by atoms with Crippen molar-refractivity contribution in [1.29, 1.82) is 0 Å². The molecule has 0 aromatic carbocycles. The summed E-state index contributed by atoms with van der Waals surface area (Å²) in [6, 6.07) is 3.58. The monoisotopic (exact) mass is 369 g/mol. The van der Waals surface area contributed by atoms with Gasteiger partial charge in [-0.15, -0.1) is 0 Å². The van der Waals surface area contributed by atoms with Crippen LogP contribution in [0, 0.1) is 0 Å².